The zero-order valence-electron chi connectivity index (χ0n) is 11.0. The molecule has 0 atom stereocenters. The Morgan fingerprint density at radius 1 is 1.20 bits per heavy atom. The van der Waals surface area contributed by atoms with E-state index < -0.39 is 17.5 Å². The zero-order valence-corrected chi connectivity index (χ0v) is 11.0. The van der Waals surface area contributed by atoms with Gasteiger partial charge in [-0.05, 0) is 5.92 Å². The third-order valence-corrected chi connectivity index (χ3v) is 2.52. The van der Waals surface area contributed by atoms with Gasteiger partial charge in [-0.25, -0.2) is 13.2 Å². The number of anilines is 2. The van der Waals surface area contributed by atoms with E-state index in [2.05, 4.69) is 15.4 Å². The van der Waals surface area contributed by atoms with Crippen LogP contribution in [0, 0.1) is 23.4 Å². The van der Waals surface area contributed by atoms with Gasteiger partial charge in [0.15, 0.2) is 17.5 Å². The van der Waals surface area contributed by atoms with Crippen molar-refractivity contribution >= 4 is 11.9 Å². The number of hydrogen-bond donors (Lipinski definition) is 2. The van der Waals surface area contributed by atoms with E-state index in [0.717, 1.165) is 4.68 Å². The fraction of sp³-hybridized carbons (Fsp3) is 0.333. The predicted molar refractivity (Wildman–Crippen MR) is 69.0 cm³/mol. The minimum Gasteiger partial charge on any atom is -0.368 e. The molecule has 0 saturated carbocycles. The molecule has 5 nitrogen and oxygen atoms in total. The monoisotopic (exact) mass is 285 g/mol. The van der Waals surface area contributed by atoms with E-state index in [4.69, 9.17) is 5.73 Å². The van der Waals surface area contributed by atoms with Crippen LogP contribution in [0.2, 0.25) is 0 Å². The first-order chi connectivity index (χ1) is 9.38. The Morgan fingerprint density at radius 2 is 1.85 bits per heavy atom. The van der Waals surface area contributed by atoms with Crippen molar-refractivity contribution in [1.82, 2.24) is 14.8 Å². The summed E-state index contributed by atoms with van der Waals surface area (Å²) in [5.74, 6) is -3.02. The lowest BCUT2D eigenvalue weighted by molar-refractivity contribution is 0.491. The molecule has 0 aliphatic rings. The third-order valence-electron chi connectivity index (χ3n) is 2.52. The first-order valence-corrected chi connectivity index (χ1v) is 5.99. The maximum Gasteiger partial charge on any atom is 0.244 e. The van der Waals surface area contributed by atoms with E-state index in [1.807, 2.05) is 13.8 Å². The topological polar surface area (TPSA) is 68.8 Å². The van der Waals surface area contributed by atoms with Crippen molar-refractivity contribution in [2.24, 2.45) is 5.92 Å². The molecular weight excluding hydrogens is 271 g/mol. The van der Waals surface area contributed by atoms with Gasteiger partial charge in [-0.2, -0.15) is 9.67 Å². The zero-order chi connectivity index (χ0) is 14.9. The average molecular weight is 285 g/mol. The van der Waals surface area contributed by atoms with Crippen LogP contribution in [0.15, 0.2) is 12.1 Å². The Morgan fingerprint density at radius 3 is 2.50 bits per heavy atom. The van der Waals surface area contributed by atoms with Crippen molar-refractivity contribution in [3.8, 4) is 5.69 Å². The van der Waals surface area contributed by atoms with Crippen molar-refractivity contribution < 1.29 is 13.2 Å². The number of halogens is 3. The molecule has 108 valence electrons. The molecule has 0 saturated heterocycles. The summed E-state index contributed by atoms with van der Waals surface area (Å²) in [6, 6.07) is 1.12. The van der Waals surface area contributed by atoms with Crippen LogP contribution in [0.3, 0.4) is 0 Å². The molecule has 1 aromatic carbocycles. The number of benzene rings is 1. The molecule has 0 unspecified atom stereocenters. The predicted octanol–water partition coefficient (Wildman–Crippen LogP) is 2.33. The lowest BCUT2D eigenvalue weighted by Gasteiger charge is -2.05. The molecule has 20 heavy (non-hydrogen) atoms. The van der Waals surface area contributed by atoms with E-state index in [1.165, 1.54) is 0 Å². The van der Waals surface area contributed by atoms with Gasteiger partial charge in [0.2, 0.25) is 11.9 Å². The first-order valence-electron chi connectivity index (χ1n) is 5.99. The molecule has 0 aliphatic carbocycles. The van der Waals surface area contributed by atoms with Gasteiger partial charge in [-0.15, -0.1) is 5.10 Å². The molecule has 1 heterocycles. The molecule has 1 aromatic heterocycles. The molecule has 2 aromatic rings. The van der Waals surface area contributed by atoms with Gasteiger partial charge in [0, 0.05) is 18.7 Å². The lowest BCUT2D eigenvalue weighted by atomic mass is 10.2. The van der Waals surface area contributed by atoms with Crippen LogP contribution >= 0.6 is 0 Å². The highest BCUT2D eigenvalue weighted by atomic mass is 19.2. The molecule has 0 aliphatic heterocycles. The van der Waals surface area contributed by atoms with Gasteiger partial charge in [0.1, 0.15) is 5.69 Å². The number of hydrogen-bond acceptors (Lipinski definition) is 4. The summed E-state index contributed by atoms with van der Waals surface area (Å²) in [5.41, 5.74) is 5.30. The van der Waals surface area contributed by atoms with Crippen molar-refractivity contribution in [2.75, 3.05) is 17.6 Å². The Labute approximate surface area is 113 Å². The van der Waals surface area contributed by atoms with Gasteiger partial charge < -0.3 is 11.1 Å². The number of rotatable bonds is 4. The highest BCUT2D eigenvalue weighted by Crippen LogP contribution is 2.20. The summed E-state index contributed by atoms with van der Waals surface area (Å²) >= 11 is 0. The highest BCUT2D eigenvalue weighted by molar-refractivity contribution is 5.43. The van der Waals surface area contributed by atoms with Gasteiger partial charge in [-0.3, -0.25) is 0 Å². The van der Waals surface area contributed by atoms with Crippen LogP contribution in [0.4, 0.5) is 25.1 Å². The fourth-order valence-corrected chi connectivity index (χ4v) is 1.55. The molecule has 0 fully saturated rings. The molecule has 0 bridgehead atoms. The maximum atomic E-state index is 13.6. The maximum absolute atomic E-state index is 13.6. The van der Waals surface area contributed by atoms with E-state index in [-0.39, 0.29) is 17.6 Å². The summed E-state index contributed by atoms with van der Waals surface area (Å²) in [7, 11) is 0. The largest absolute Gasteiger partial charge is 0.368 e. The van der Waals surface area contributed by atoms with Gasteiger partial charge in [0.05, 0.1) is 0 Å². The van der Waals surface area contributed by atoms with Crippen LogP contribution in [0.5, 0.6) is 0 Å². The van der Waals surface area contributed by atoms with Crippen LogP contribution in [0.1, 0.15) is 13.8 Å². The Kier molecular flexibility index (Phi) is 3.82. The lowest BCUT2D eigenvalue weighted by Crippen LogP contribution is -2.09. The van der Waals surface area contributed by atoms with Gasteiger partial charge in [-0.1, -0.05) is 13.8 Å². The molecule has 3 N–H and O–H groups in total. The van der Waals surface area contributed by atoms with E-state index in [9.17, 15) is 13.2 Å². The van der Waals surface area contributed by atoms with Crippen LogP contribution < -0.4 is 11.1 Å². The minimum atomic E-state index is -1.27. The molecule has 0 radical (unpaired) electrons. The average Bonchev–Trinajstić information content (AvgIpc) is 2.72. The SMILES string of the molecule is CC(C)CNc1nc(N)n(-c2cc(F)c(F)cc2F)n1. The molecule has 8 heteroatoms. The van der Waals surface area contributed by atoms with E-state index >= 15 is 0 Å². The van der Waals surface area contributed by atoms with Crippen LogP contribution in [0.25, 0.3) is 5.69 Å². The third kappa shape index (κ3) is 2.84. The van der Waals surface area contributed by atoms with Crippen molar-refractivity contribution in [2.45, 2.75) is 13.8 Å². The number of nitrogens with two attached hydrogens (primary N) is 1. The summed E-state index contributed by atoms with van der Waals surface area (Å²) < 4.78 is 40.6. The number of nitrogens with one attached hydrogen (secondary N) is 1. The second-order valence-corrected chi connectivity index (χ2v) is 4.70. The molecule has 0 amide bonds. The number of nitrogen functional groups attached to an aromatic ring is 1. The standard InChI is InChI=1S/C12H14F3N5/c1-6(2)5-17-12-18-11(16)20(19-12)10-4-8(14)7(13)3-9(10)15/h3-4,6H,5H2,1-2H3,(H3,16,17,18,19). The summed E-state index contributed by atoms with van der Waals surface area (Å²) in [6.45, 7) is 4.58. The van der Waals surface area contributed by atoms with E-state index in [0.29, 0.717) is 24.6 Å². The van der Waals surface area contributed by atoms with Crippen molar-refractivity contribution in [3.05, 3.63) is 29.6 Å². The molecule has 2 rings (SSSR count). The first kappa shape index (κ1) is 14.2. The summed E-state index contributed by atoms with van der Waals surface area (Å²) in [4.78, 5) is 3.89. The normalized spacial score (nSPS) is 11.1. The van der Waals surface area contributed by atoms with Gasteiger partial charge in [0.25, 0.3) is 0 Å². The molecule has 0 spiro atoms. The molecular formula is C12H14F3N5. The van der Waals surface area contributed by atoms with E-state index in [1.54, 1.807) is 0 Å². The van der Waals surface area contributed by atoms with Crippen LogP contribution in [-0.4, -0.2) is 21.3 Å². The Bertz CT molecular complexity index is 624. The second-order valence-electron chi connectivity index (χ2n) is 4.70. The fourth-order valence-electron chi connectivity index (χ4n) is 1.55. The second kappa shape index (κ2) is 5.40. The number of nitrogens with zero attached hydrogens (tertiary/aromatic N) is 3. The Balaban J connectivity index is 2.36. The van der Waals surface area contributed by atoms with Crippen molar-refractivity contribution in [1.29, 1.82) is 0 Å². The minimum absolute atomic E-state index is 0.124. The van der Waals surface area contributed by atoms with Crippen molar-refractivity contribution in [3.63, 3.8) is 0 Å². The summed E-state index contributed by atoms with van der Waals surface area (Å²) in [5, 5.41) is 6.83. The van der Waals surface area contributed by atoms with Crippen LogP contribution in [-0.2, 0) is 0 Å². The summed E-state index contributed by atoms with van der Waals surface area (Å²) in [6.07, 6.45) is 0. The smallest absolute Gasteiger partial charge is 0.244 e. The number of aromatic nitrogens is 3. The highest BCUT2D eigenvalue weighted by Gasteiger charge is 2.16. The quantitative estimate of drug-likeness (QED) is 0.846. The van der Waals surface area contributed by atoms with Gasteiger partial charge >= 0.3 is 0 Å². The Hall–Kier alpha value is -2.25.